The first-order valence-corrected chi connectivity index (χ1v) is 9.31. The Balaban J connectivity index is 2.38. The minimum absolute atomic E-state index is 0.175. The molecule has 5 heteroatoms. The van der Waals surface area contributed by atoms with E-state index in [0.29, 0.717) is 12.5 Å². The molecule has 0 aliphatic heterocycles. The molecule has 124 valence electrons. The summed E-state index contributed by atoms with van der Waals surface area (Å²) in [6.45, 7) is 16.7. The molecule has 0 N–H and O–H groups in total. The Morgan fingerprint density at radius 1 is 1.24 bits per heavy atom. The lowest BCUT2D eigenvalue weighted by atomic mass is 9.97. The Morgan fingerprint density at radius 3 is 2.10 bits per heavy atom. The van der Waals surface area contributed by atoms with Crippen LogP contribution >= 0.6 is 19.6 Å². The van der Waals surface area contributed by atoms with E-state index < -0.39 is 8.03 Å². The van der Waals surface area contributed by atoms with Crippen LogP contribution in [0.4, 0.5) is 0 Å². The van der Waals surface area contributed by atoms with E-state index >= 15 is 0 Å². The average Bonchev–Trinajstić information content (AvgIpc) is 2.75. The summed E-state index contributed by atoms with van der Waals surface area (Å²) < 4.78 is 23.5. The van der Waals surface area contributed by atoms with Crippen molar-refractivity contribution in [2.24, 2.45) is 11.3 Å². The van der Waals surface area contributed by atoms with E-state index in [2.05, 4.69) is 27.7 Å². The van der Waals surface area contributed by atoms with Gasteiger partial charge >= 0.3 is 8.03 Å². The zero-order valence-corrected chi connectivity index (χ0v) is 16.3. The third-order valence-corrected chi connectivity index (χ3v) is 6.67. The molecule has 0 aromatic rings. The van der Waals surface area contributed by atoms with Gasteiger partial charge in [0, 0.05) is 5.38 Å². The van der Waals surface area contributed by atoms with Gasteiger partial charge < -0.3 is 4.74 Å². The summed E-state index contributed by atoms with van der Waals surface area (Å²) in [5, 5.41) is -0.0902. The summed E-state index contributed by atoms with van der Waals surface area (Å²) in [6.07, 6.45) is 0.762. The molecule has 0 spiro atoms. The summed E-state index contributed by atoms with van der Waals surface area (Å²) in [6, 6.07) is 0. The lowest BCUT2D eigenvalue weighted by Gasteiger charge is -2.27. The van der Waals surface area contributed by atoms with Crippen LogP contribution in [-0.2, 0) is 13.8 Å². The molecule has 0 amide bonds. The van der Waals surface area contributed by atoms with E-state index in [1.165, 1.54) is 0 Å². The van der Waals surface area contributed by atoms with Gasteiger partial charge in [-0.2, -0.15) is 0 Å². The van der Waals surface area contributed by atoms with Crippen molar-refractivity contribution >= 4 is 19.6 Å². The van der Waals surface area contributed by atoms with Crippen LogP contribution in [0.15, 0.2) is 0 Å². The predicted molar refractivity (Wildman–Crippen MR) is 89.5 cm³/mol. The van der Waals surface area contributed by atoms with Crippen molar-refractivity contribution in [2.45, 2.75) is 84.0 Å². The van der Waals surface area contributed by atoms with Gasteiger partial charge in [-0.15, -0.1) is 16.1 Å². The van der Waals surface area contributed by atoms with Crippen molar-refractivity contribution in [3.8, 4) is 0 Å². The van der Waals surface area contributed by atoms with E-state index in [4.69, 9.17) is 20.9 Å². The Labute approximate surface area is 136 Å². The SMILES string of the molecule is CC(COC(C)(C)CC1C(Cl)C1(C)C)O[P+](=O)C(C)(C)C. The highest BCUT2D eigenvalue weighted by Gasteiger charge is 2.58. The van der Waals surface area contributed by atoms with Gasteiger partial charge in [-0.25, -0.2) is 0 Å². The summed E-state index contributed by atoms with van der Waals surface area (Å²) in [5.41, 5.74) is -0.0313. The van der Waals surface area contributed by atoms with Crippen LogP contribution in [-0.4, -0.2) is 28.8 Å². The molecule has 1 aliphatic rings. The van der Waals surface area contributed by atoms with Gasteiger partial charge in [0.2, 0.25) is 0 Å². The second-order valence-electron chi connectivity index (χ2n) is 8.45. The maximum atomic E-state index is 12.0. The molecule has 0 saturated heterocycles. The molecule has 0 radical (unpaired) electrons. The van der Waals surface area contributed by atoms with Crippen LogP contribution in [0.3, 0.4) is 0 Å². The minimum Gasteiger partial charge on any atom is -0.373 e. The van der Waals surface area contributed by atoms with E-state index in [-0.39, 0.29) is 27.7 Å². The Hall–Kier alpha value is 0.310. The second kappa shape index (κ2) is 6.43. The molecular formula is C16H31ClO3P+. The molecular weight excluding hydrogens is 307 g/mol. The van der Waals surface area contributed by atoms with E-state index in [9.17, 15) is 4.57 Å². The molecule has 1 saturated carbocycles. The van der Waals surface area contributed by atoms with Crippen molar-refractivity contribution in [3.63, 3.8) is 0 Å². The van der Waals surface area contributed by atoms with Crippen LogP contribution in [0.2, 0.25) is 0 Å². The first-order valence-electron chi connectivity index (χ1n) is 7.69. The van der Waals surface area contributed by atoms with Crippen molar-refractivity contribution < 1.29 is 13.8 Å². The monoisotopic (exact) mass is 337 g/mol. The number of rotatable bonds is 7. The summed E-state index contributed by atoms with van der Waals surface area (Å²) in [4.78, 5) is 0. The lowest BCUT2D eigenvalue weighted by Crippen LogP contribution is -2.30. The van der Waals surface area contributed by atoms with E-state index in [1.54, 1.807) is 0 Å². The van der Waals surface area contributed by atoms with Gasteiger partial charge in [-0.1, -0.05) is 13.8 Å². The highest BCUT2D eigenvalue weighted by molar-refractivity contribution is 7.41. The maximum absolute atomic E-state index is 12.0. The van der Waals surface area contributed by atoms with Gasteiger partial charge in [0.25, 0.3) is 0 Å². The molecule has 0 aromatic carbocycles. The van der Waals surface area contributed by atoms with Crippen LogP contribution in [0.25, 0.3) is 0 Å². The highest BCUT2D eigenvalue weighted by atomic mass is 35.5. The van der Waals surface area contributed by atoms with Gasteiger partial charge in [0.1, 0.15) is 6.10 Å². The van der Waals surface area contributed by atoms with Crippen molar-refractivity contribution in [1.29, 1.82) is 0 Å². The molecule has 3 nitrogen and oxygen atoms in total. The van der Waals surface area contributed by atoms with Crippen LogP contribution in [0, 0.1) is 11.3 Å². The quantitative estimate of drug-likeness (QED) is 0.462. The first-order chi connectivity index (χ1) is 9.27. The Morgan fingerprint density at radius 2 is 1.71 bits per heavy atom. The molecule has 4 unspecified atom stereocenters. The van der Waals surface area contributed by atoms with Crippen molar-refractivity contribution in [1.82, 2.24) is 0 Å². The van der Waals surface area contributed by atoms with Gasteiger partial charge in [-0.05, 0) is 63.9 Å². The molecule has 0 heterocycles. The number of hydrogen-bond donors (Lipinski definition) is 0. The highest BCUT2D eigenvalue weighted by Crippen LogP contribution is 2.59. The number of ether oxygens (including phenoxy) is 1. The van der Waals surface area contributed by atoms with Crippen LogP contribution in [0.5, 0.6) is 0 Å². The molecule has 21 heavy (non-hydrogen) atoms. The van der Waals surface area contributed by atoms with Gasteiger partial charge in [0.15, 0.2) is 5.16 Å². The fraction of sp³-hybridized carbons (Fsp3) is 1.00. The third kappa shape index (κ3) is 5.46. The number of hydrogen-bond acceptors (Lipinski definition) is 3. The second-order valence-corrected chi connectivity index (χ2v) is 11.0. The first kappa shape index (κ1) is 19.4. The standard InChI is InChI=1S/C16H31ClO3P/c1-11(20-21(18)14(2,3)4)10-19-15(5,6)9-12-13(17)16(12,7)8/h11-13H,9-10H2,1-8H3/q+1. The van der Waals surface area contributed by atoms with Crippen LogP contribution < -0.4 is 0 Å². The van der Waals surface area contributed by atoms with Crippen molar-refractivity contribution in [3.05, 3.63) is 0 Å². The Bertz CT molecular complexity index is 387. The number of halogens is 1. The van der Waals surface area contributed by atoms with Crippen LogP contribution in [0.1, 0.15) is 61.8 Å². The number of alkyl halides is 1. The minimum atomic E-state index is -1.69. The van der Waals surface area contributed by atoms with Gasteiger partial charge in [-0.3, -0.25) is 0 Å². The van der Waals surface area contributed by atoms with E-state index in [1.807, 2.05) is 27.7 Å². The van der Waals surface area contributed by atoms with Crippen molar-refractivity contribution in [2.75, 3.05) is 6.61 Å². The molecule has 1 aliphatic carbocycles. The average molecular weight is 338 g/mol. The normalized spacial score (nSPS) is 27.4. The lowest BCUT2D eigenvalue weighted by molar-refractivity contribution is -0.0570. The Kier molecular flexibility index (Phi) is 5.93. The zero-order valence-electron chi connectivity index (χ0n) is 14.7. The topological polar surface area (TPSA) is 35.5 Å². The summed E-state index contributed by atoms with van der Waals surface area (Å²) in [5.74, 6) is 0.497. The largest absolute Gasteiger partial charge is 0.513 e. The smallest absolute Gasteiger partial charge is 0.373 e. The summed E-state index contributed by atoms with van der Waals surface area (Å²) >= 11 is 6.31. The summed E-state index contributed by atoms with van der Waals surface area (Å²) in [7, 11) is -1.69. The van der Waals surface area contributed by atoms with Gasteiger partial charge in [0.05, 0.1) is 12.2 Å². The molecule has 1 rings (SSSR count). The predicted octanol–water partition coefficient (Wildman–Crippen LogP) is 5.38. The fourth-order valence-electron chi connectivity index (χ4n) is 2.33. The molecule has 4 atom stereocenters. The molecule has 0 aromatic heterocycles. The third-order valence-electron chi connectivity index (χ3n) is 4.15. The van der Waals surface area contributed by atoms with E-state index in [0.717, 1.165) is 6.42 Å². The molecule has 1 fully saturated rings. The zero-order chi connectivity index (χ0) is 16.6. The maximum Gasteiger partial charge on any atom is 0.513 e. The fourth-order valence-corrected chi connectivity index (χ4v) is 3.53. The molecule has 0 bridgehead atoms.